The highest BCUT2D eigenvalue weighted by atomic mass is 32.1. The van der Waals surface area contributed by atoms with Crippen LogP contribution in [0.15, 0.2) is 35.0 Å². The van der Waals surface area contributed by atoms with Crippen molar-refractivity contribution in [3.05, 3.63) is 35.6 Å². The number of thiol groups is 1. The first-order valence-electron chi connectivity index (χ1n) is 3.00. The SMILES string of the molecule is P/C=C/c1ccc(S)cc1. The highest BCUT2D eigenvalue weighted by molar-refractivity contribution is 7.80. The highest BCUT2D eigenvalue weighted by Gasteiger charge is 1.83. The van der Waals surface area contributed by atoms with Crippen LogP contribution in [0.2, 0.25) is 0 Å². The van der Waals surface area contributed by atoms with Crippen molar-refractivity contribution in [2.45, 2.75) is 4.90 Å². The normalized spacial score (nSPS) is 10.6. The molecular formula is C8H9PS. The molecule has 0 aliphatic heterocycles. The van der Waals surface area contributed by atoms with E-state index in [1.807, 2.05) is 36.2 Å². The molecule has 0 heterocycles. The molecule has 1 aromatic rings. The van der Waals surface area contributed by atoms with E-state index in [-0.39, 0.29) is 0 Å². The van der Waals surface area contributed by atoms with Crippen molar-refractivity contribution in [2.24, 2.45) is 0 Å². The maximum atomic E-state index is 4.17. The summed E-state index contributed by atoms with van der Waals surface area (Å²) >= 11 is 4.17. The van der Waals surface area contributed by atoms with E-state index in [4.69, 9.17) is 0 Å². The second kappa shape index (κ2) is 3.80. The van der Waals surface area contributed by atoms with Crippen molar-refractivity contribution in [1.29, 1.82) is 0 Å². The lowest BCUT2D eigenvalue weighted by molar-refractivity contribution is 1.46. The first-order valence-corrected chi connectivity index (χ1v) is 4.11. The Labute approximate surface area is 69.0 Å². The number of rotatable bonds is 1. The van der Waals surface area contributed by atoms with Gasteiger partial charge in [0, 0.05) is 4.90 Å². The van der Waals surface area contributed by atoms with Crippen molar-refractivity contribution in [3.63, 3.8) is 0 Å². The van der Waals surface area contributed by atoms with Gasteiger partial charge in [-0.1, -0.05) is 24.0 Å². The van der Waals surface area contributed by atoms with Crippen LogP contribution in [0.25, 0.3) is 6.08 Å². The molecule has 0 saturated heterocycles. The number of benzene rings is 1. The molecule has 1 aromatic carbocycles. The van der Waals surface area contributed by atoms with Gasteiger partial charge in [0.2, 0.25) is 0 Å². The van der Waals surface area contributed by atoms with E-state index in [1.165, 1.54) is 5.56 Å². The molecule has 0 amide bonds. The molecule has 0 nitrogen and oxygen atoms in total. The molecule has 0 aliphatic rings. The molecule has 1 unspecified atom stereocenters. The van der Waals surface area contributed by atoms with Gasteiger partial charge in [-0.15, -0.1) is 21.9 Å². The van der Waals surface area contributed by atoms with Crippen LogP contribution in [-0.2, 0) is 0 Å². The van der Waals surface area contributed by atoms with E-state index in [9.17, 15) is 0 Å². The largest absolute Gasteiger partial charge is 0.143 e. The van der Waals surface area contributed by atoms with Gasteiger partial charge >= 0.3 is 0 Å². The van der Waals surface area contributed by atoms with E-state index in [2.05, 4.69) is 21.9 Å². The van der Waals surface area contributed by atoms with E-state index in [0.29, 0.717) is 0 Å². The fraction of sp³-hybridized carbons (Fsp3) is 0. The third kappa shape index (κ3) is 2.17. The van der Waals surface area contributed by atoms with Crippen LogP contribution in [0.3, 0.4) is 0 Å². The van der Waals surface area contributed by atoms with E-state index >= 15 is 0 Å². The molecule has 2 heteroatoms. The predicted molar refractivity (Wildman–Crippen MR) is 52.4 cm³/mol. The van der Waals surface area contributed by atoms with Crippen molar-refractivity contribution in [3.8, 4) is 0 Å². The van der Waals surface area contributed by atoms with Gasteiger partial charge in [-0.2, -0.15) is 0 Å². The minimum atomic E-state index is 1.00. The standard InChI is InChI=1S/C8H9PS/c9-6-5-7-1-3-8(10)4-2-7/h1-6,10H,9H2/b6-5+. The fourth-order valence-electron chi connectivity index (χ4n) is 0.697. The summed E-state index contributed by atoms with van der Waals surface area (Å²) in [6.07, 6.45) is 2.03. The molecule has 0 spiro atoms. The molecule has 1 atom stereocenters. The topological polar surface area (TPSA) is 0 Å². The molecule has 0 aliphatic carbocycles. The summed E-state index contributed by atoms with van der Waals surface area (Å²) in [5, 5.41) is 0. The van der Waals surface area contributed by atoms with Crippen LogP contribution in [0, 0.1) is 0 Å². The minimum Gasteiger partial charge on any atom is -0.143 e. The smallest absolute Gasteiger partial charge is 0.00403 e. The zero-order chi connectivity index (χ0) is 7.40. The Kier molecular flexibility index (Phi) is 2.98. The lowest BCUT2D eigenvalue weighted by Crippen LogP contribution is -1.68. The lowest BCUT2D eigenvalue weighted by atomic mass is 10.2. The quantitative estimate of drug-likeness (QED) is 0.483. The zero-order valence-corrected chi connectivity index (χ0v) is 7.54. The third-order valence-electron chi connectivity index (χ3n) is 1.18. The van der Waals surface area contributed by atoms with Crippen LogP contribution < -0.4 is 0 Å². The molecule has 0 fully saturated rings. The third-order valence-corrected chi connectivity index (χ3v) is 1.67. The van der Waals surface area contributed by atoms with Crippen LogP contribution in [-0.4, -0.2) is 0 Å². The summed E-state index contributed by atoms with van der Waals surface area (Å²) in [5.74, 6) is 1.94. The van der Waals surface area contributed by atoms with Gasteiger partial charge in [0.25, 0.3) is 0 Å². The highest BCUT2D eigenvalue weighted by Crippen LogP contribution is 2.09. The van der Waals surface area contributed by atoms with Gasteiger partial charge in [0.05, 0.1) is 0 Å². The predicted octanol–water partition coefficient (Wildman–Crippen LogP) is 2.82. The molecule has 10 heavy (non-hydrogen) atoms. The van der Waals surface area contributed by atoms with E-state index in [1.54, 1.807) is 0 Å². The number of hydrogen-bond donors (Lipinski definition) is 1. The van der Waals surface area contributed by atoms with Gasteiger partial charge in [-0.05, 0) is 17.7 Å². The molecule has 1 rings (SSSR count). The van der Waals surface area contributed by atoms with E-state index < -0.39 is 0 Å². The average molecular weight is 168 g/mol. The van der Waals surface area contributed by atoms with E-state index in [0.717, 1.165) is 4.90 Å². The zero-order valence-electron chi connectivity index (χ0n) is 5.49. The van der Waals surface area contributed by atoms with Crippen LogP contribution in [0.4, 0.5) is 0 Å². The van der Waals surface area contributed by atoms with Crippen molar-refractivity contribution in [1.82, 2.24) is 0 Å². The van der Waals surface area contributed by atoms with Gasteiger partial charge in [0.15, 0.2) is 0 Å². The summed E-state index contributed by atoms with van der Waals surface area (Å²) < 4.78 is 0. The molecule has 0 bridgehead atoms. The first-order chi connectivity index (χ1) is 4.83. The minimum absolute atomic E-state index is 1.00. The molecule has 0 radical (unpaired) electrons. The Hall–Kier alpha value is -0.260. The van der Waals surface area contributed by atoms with Crippen LogP contribution in [0.5, 0.6) is 0 Å². The second-order valence-corrected chi connectivity index (χ2v) is 2.85. The van der Waals surface area contributed by atoms with Gasteiger partial charge < -0.3 is 0 Å². The summed E-state index contributed by atoms with van der Waals surface area (Å²) in [4.78, 5) is 1.00. The Bertz CT molecular complexity index is 226. The van der Waals surface area contributed by atoms with Crippen molar-refractivity contribution < 1.29 is 0 Å². The van der Waals surface area contributed by atoms with Crippen molar-refractivity contribution >= 4 is 27.9 Å². The summed E-state index contributed by atoms with van der Waals surface area (Å²) in [6, 6.07) is 8.01. The maximum Gasteiger partial charge on any atom is 0.00403 e. The lowest BCUT2D eigenvalue weighted by Gasteiger charge is -1.91. The Balaban J connectivity index is 2.89. The van der Waals surface area contributed by atoms with Gasteiger partial charge in [-0.25, -0.2) is 0 Å². The van der Waals surface area contributed by atoms with Crippen LogP contribution >= 0.6 is 21.9 Å². The Morgan fingerprint density at radius 3 is 2.30 bits per heavy atom. The summed E-state index contributed by atoms with van der Waals surface area (Å²) in [7, 11) is 2.54. The second-order valence-electron chi connectivity index (χ2n) is 1.95. The average Bonchev–Trinajstić information content (AvgIpc) is 1.95. The van der Waals surface area contributed by atoms with Gasteiger partial charge in [0.1, 0.15) is 0 Å². The first kappa shape index (κ1) is 7.84. The summed E-state index contributed by atoms with van der Waals surface area (Å²) in [5.41, 5.74) is 1.20. The van der Waals surface area contributed by atoms with Gasteiger partial charge in [-0.3, -0.25) is 0 Å². The molecular weight excluding hydrogens is 159 g/mol. The molecule has 0 aromatic heterocycles. The van der Waals surface area contributed by atoms with Crippen molar-refractivity contribution in [2.75, 3.05) is 0 Å². The maximum absolute atomic E-state index is 4.17. The molecule has 0 N–H and O–H groups in total. The van der Waals surface area contributed by atoms with Crippen LogP contribution in [0.1, 0.15) is 5.56 Å². The fourth-order valence-corrected chi connectivity index (χ4v) is 1.07. The molecule has 0 saturated carbocycles. The Morgan fingerprint density at radius 1 is 1.20 bits per heavy atom. The number of hydrogen-bond acceptors (Lipinski definition) is 1. The summed E-state index contributed by atoms with van der Waals surface area (Å²) in [6.45, 7) is 0. The Morgan fingerprint density at radius 2 is 1.80 bits per heavy atom. The molecule has 52 valence electrons. The monoisotopic (exact) mass is 168 g/mol.